The number of carboxylic acid groups (broad SMARTS) is 1. The number of hydrogen-bond donors (Lipinski definition) is 2. The number of furan rings is 1. The molecule has 0 unspecified atom stereocenters. The molecule has 0 saturated carbocycles. The second-order valence-electron chi connectivity index (χ2n) is 4.54. The number of hydrogen-bond acceptors (Lipinski definition) is 6. The molecule has 2 aromatic heterocycles. The van der Waals surface area contributed by atoms with Gasteiger partial charge in [-0.1, -0.05) is 5.16 Å². The third-order valence-corrected chi connectivity index (χ3v) is 3.44. The summed E-state index contributed by atoms with van der Waals surface area (Å²) < 4.78 is 10.3. The monoisotopic (exact) mass is 263 g/mol. The lowest BCUT2D eigenvalue weighted by molar-refractivity contribution is -0.146. The van der Waals surface area contributed by atoms with Gasteiger partial charge in [-0.25, -0.2) is 0 Å². The van der Waals surface area contributed by atoms with Crippen molar-refractivity contribution in [3.63, 3.8) is 0 Å². The van der Waals surface area contributed by atoms with Gasteiger partial charge >= 0.3 is 5.97 Å². The molecule has 3 heterocycles. The third kappa shape index (κ3) is 1.91. The molecule has 3 rings (SSSR count). The van der Waals surface area contributed by atoms with E-state index in [-0.39, 0.29) is 11.7 Å². The van der Waals surface area contributed by atoms with Gasteiger partial charge in [0.05, 0.1) is 6.26 Å². The molecule has 7 heteroatoms. The summed E-state index contributed by atoms with van der Waals surface area (Å²) in [6, 6.07) is 3.41. The Hall–Kier alpha value is -2.15. The average Bonchev–Trinajstić information content (AvgIpc) is 3.10. The summed E-state index contributed by atoms with van der Waals surface area (Å²) >= 11 is 0. The number of aromatic nitrogens is 2. The van der Waals surface area contributed by atoms with Crippen molar-refractivity contribution in [1.82, 2.24) is 15.5 Å². The largest absolute Gasteiger partial charge is 0.480 e. The van der Waals surface area contributed by atoms with Crippen LogP contribution < -0.4 is 5.32 Å². The van der Waals surface area contributed by atoms with Gasteiger partial charge in [0.2, 0.25) is 11.7 Å². The molecule has 0 spiro atoms. The highest BCUT2D eigenvalue weighted by molar-refractivity contribution is 5.80. The Balaban J connectivity index is 1.98. The second-order valence-corrected chi connectivity index (χ2v) is 4.54. The van der Waals surface area contributed by atoms with Crippen molar-refractivity contribution in [3.8, 4) is 11.6 Å². The second kappa shape index (κ2) is 4.51. The quantitative estimate of drug-likeness (QED) is 0.852. The van der Waals surface area contributed by atoms with E-state index in [0.29, 0.717) is 31.7 Å². The van der Waals surface area contributed by atoms with Crippen LogP contribution in [0.4, 0.5) is 0 Å². The van der Waals surface area contributed by atoms with Crippen LogP contribution in [0.1, 0.15) is 18.7 Å². The van der Waals surface area contributed by atoms with Crippen LogP contribution in [0.15, 0.2) is 27.3 Å². The van der Waals surface area contributed by atoms with E-state index in [2.05, 4.69) is 15.5 Å². The van der Waals surface area contributed by atoms with Gasteiger partial charge in [0, 0.05) is 0 Å². The van der Waals surface area contributed by atoms with Crippen LogP contribution in [0.3, 0.4) is 0 Å². The summed E-state index contributed by atoms with van der Waals surface area (Å²) in [7, 11) is 0. The van der Waals surface area contributed by atoms with Gasteiger partial charge in [0.25, 0.3) is 0 Å². The Morgan fingerprint density at radius 2 is 2.21 bits per heavy atom. The summed E-state index contributed by atoms with van der Waals surface area (Å²) in [5.74, 6) is -0.0415. The molecule has 100 valence electrons. The minimum Gasteiger partial charge on any atom is -0.480 e. The van der Waals surface area contributed by atoms with Gasteiger partial charge in [0.15, 0.2) is 5.76 Å². The van der Waals surface area contributed by atoms with Gasteiger partial charge < -0.3 is 19.4 Å². The molecule has 1 saturated heterocycles. The fraction of sp³-hybridized carbons (Fsp3) is 0.417. The van der Waals surface area contributed by atoms with Crippen molar-refractivity contribution >= 4 is 5.97 Å². The van der Waals surface area contributed by atoms with E-state index in [1.807, 2.05) is 0 Å². The van der Waals surface area contributed by atoms with E-state index >= 15 is 0 Å². The predicted molar refractivity (Wildman–Crippen MR) is 63.4 cm³/mol. The number of carbonyl (C=O) groups is 1. The Labute approximate surface area is 108 Å². The summed E-state index contributed by atoms with van der Waals surface area (Å²) in [6.45, 7) is 1.23. The first kappa shape index (κ1) is 11.9. The SMILES string of the molecule is O=C(O)C1(c2nc(-c3ccco3)no2)CCNCC1. The molecule has 0 amide bonds. The summed E-state index contributed by atoms with van der Waals surface area (Å²) in [5.41, 5.74) is -1.09. The maximum atomic E-state index is 11.6. The standard InChI is InChI=1S/C12H13N3O4/c16-11(17)12(3-5-13-6-4-12)10-14-9(15-19-10)8-2-1-7-18-8/h1-2,7,13H,3-6H2,(H,16,17). The first-order valence-corrected chi connectivity index (χ1v) is 6.04. The normalized spacial score (nSPS) is 18.3. The molecule has 0 aromatic carbocycles. The zero-order valence-electron chi connectivity index (χ0n) is 10.1. The van der Waals surface area contributed by atoms with Crippen LogP contribution in [-0.2, 0) is 10.2 Å². The fourth-order valence-electron chi connectivity index (χ4n) is 2.30. The van der Waals surface area contributed by atoms with Crippen LogP contribution in [0.25, 0.3) is 11.6 Å². The summed E-state index contributed by atoms with van der Waals surface area (Å²) in [4.78, 5) is 15.8. The maximum absolute atomic E-state index is 11.6. The number of carboxylic acids is 1. The Morgan fingerprint density at radius 3 is 2.84 bits per heavy atom. The molecule has 1 aliphatic rings. The Morgan fingerprint density at radius 1 is 1.42 bits per heavy atom. The summed E-state index contributed by atoms with van der Waals surface area (Å²) in [6.07, 6.45) is 2.37. The number of piperidine rings is 1. The van der Waals surface area contributed by atoms with E-state index in [9.17, 15) is 9.90 Å². The molecule has 2 N–H and O–H groups in total. The van der Waals surface area contributed by atoms with E-state index in [1.165, 1.54) is 6.26 Å². The van der Waals surface area contributed by atoms with E-state index in [1.54, 1.807) is 12.1 Å². The van der Waals surface area contributed by atoms with Crippen LogP contribution >= 0.6 is 0 Å². The molecule has 2 aromatic rings. The molecular weight excluding hydrogens is 250 g/mol. The van der Waals surface area contributed by atoms with E-state index in [0.717, 1.165) is 0 Å². The first-order chi connectivity index (χ1) is 9.22. The van der Waals surface area contributed by atoms with Crippen molar-refractivity contribution < 1.29 is 18.8 Å². The highest BCUT2D eigenvalue weighted by atomic mass is 16.5. The Bertz CT molecular complexity index is 570. The molecule has 7 nitrogen and oxygen atoms in total. The maximum Gasteiger partial charge on any atom is 0.319 e. The minimum absolute atomic E-state index is 0.146. The molecule has 0 atom stereocenters. The number of rotatable bonds is 3. The van der Waals surface area contributed by atoms with Gasteiger partial charge in [-0.15, -0.1) is 0 Å². The van der Waals surface area contributed by atoms with Crippen molar-refractivity contribution in [2.75, 3.05) is 13.1 Å². The average molecular weight is 263 g/mol. The van der Waals surface area contributed by atoms with Crippen LogP contribution in [0, 0.1) is 0 Å². The van der Waals surface area contributed by atoms with Gasteiger partial charge in [-0.05, 0) is 38.1 Å². The van der Waals surface area contributed by atoms with Gasteiger partial charge in [-0.3, -0.25) is 4.79 Å². The highest BCUT2D eigenvalue weighted by Gasteiger charge is 2.46. The molecule has 1 fully saturated rings. The summed E-state index contributed by atoms with van der Waals surface area (Å²) in [5, 5.41) is 16.4. The van der Waals surface area contributed by atoms with Crippen molar-refractivity contribution in [2.24, 2.45) is 0 Å². The molecule has 19 heavy (non-hydrogen) atoms. The predicted octanol–water partition coefficient (Wildman–Crippen LogP) is 1.04. The number of nitrogens with one attached hydrogen (secondary N) is 1. The van der Waals surface area contributed by atoms with E-state index in [4.69, 9.17) is 8.94 Å². The fourth-order valence-corrected chi connectivity index (χ4v) is 2.30. The Kier molecular flexibility index (Phi) is 2.83. The minimum atomic E-state index is -1.09. The molecular formula is C12H13N3O4. The van der Waals surface area contributed by atoms with Crippen molar-refractivity contribution in [3.05, 3.63) is 24.3 Å². The van der Waals surface area contributed by atoms with Gasteiger partial charge in [-0.2, -0.15) is 4.98 Å². The smallest absolute Gasteiger partial charge is 0.319 e. The topological polar surface area (TPSA) is 101 Å². The first-order valence-electron chi connectivity index (χ1n) is 6.04. The molecule has 0 bridgehead atoms. The molecule has 0 aliphatic carbocycles. The highest BCUT2D eigenvalue weighted by Crippen LogP contribution is 2.33. The van der Waals surface area contributed by atoms with Crippen molar-refractivity contribution in [2.45, 2.75) is 18.3 Å². The molecule has 1 aliphatic heterocycles. The van der Waals surface area contributed by atoms with Crippen LogP contribution in [0.2, 0.25) is 0 Å². The zero-order chi connectivity index (χ0) is 13.3. The number of aliphatic carboxylic acids is 1. The van der Waals surface area contributed by atoms with Crippen LogP contribution in [-0.4, -0.2) is 34.3 Å². The van der Waals surface area contributed by atoms with Crippen molar-refractivity contribution in [1.29, 1.82) is 0 Å². The van der Waals surface area contributed by atoms with E-state index < -0.39 is 11.4 Å². The third-order valence-electron chi connectivity index (χ3n) is 3.44. The zero-order valence-corrected chi connectivity index (χ0v) is 10.1. The van der Waals surface area contributed by atoms with Crippen LogP contribution in [0.5, 0.6) is 0 Å². The lowest BCUT2D eigenvalue weighted by Crippen LogP contribution is -2.45. The number of nitrogens with zero attached hydrogens (tertiary/aromatic N) is 2. The lowest BCUT2D eigenvalue weighted by atomic mass is 9.79. The lowest BCUT2D eigenvalue weighted by Gasteiger charge is -2.29. The van der Waals surface area contributed by atoms with Gasteiger partial charge in [0.1, 0.15) is 5.41 Å². The molecule has 0 radical (unpaired) electrons.